The van der Waals surface area contributed by atoms with Gasteiger partial charge in [0.1, 0.15) is 0 Å². The van der Waals surface area contributed by atoms with E-state index in [2.05, 4.69) is 18.4 Å². The van der Waals surface area contributed by atoms with Crippen LogP contribution in [0.25, 0.3) is 0 Å². The zero-order valence-electron chi connectivity index (χ0n) is 15.6. The number of aliphatic hydroxyl groups is 1. The third kappa shape index (κ3) is 4.32. The predicted octanol–water partition coefficient (Wildman–Crippen LogP) is 5.14. The number of aliphatic hydroxyl groups excluding tert-OH is 1. The Balaban J connectivity index is 1.86. The number of hydrogen-bond acceptors (Lipinski definition) is 2. The number of likely N-dealkylation sites (tertiary alicyclic amines) is 1. The minimum absolute atomic E-state index is 0.0168. The van der Waals surface area contributed by atoms with Crippen LogP contribution in [0.2, 0.25) is 5.02 Å². The Morgan fingerprint density at radius 1 is 1.27 bits per heavy atom. The molecule has 3 rings (SSSR count). The Morgan fingerprint density at radius 3 is 2.54 bits per heavy atom. The van der Waals surface area contributed by atoms with Gasteiger partial charge in [0.15, 0.2) is 0 Å². The first-order chi connectivity index (χ1) is 12.5. The number of amides is 1. The zero-order valence-corrected chi connectivity index (χ0v) is 16.4. The number of piperidine rings is 1. The lowest BCUT2D eigenvalue weighted by Gasteiger charge is -2.44. The van der Waals surface area contributed by atoms with Crippen LogP contribution in [-0.4, -0.2) is 28.1 Å². The third-order valence-electron chi connectivity index (χ3n) is 5.98. The van der Waals surface area contributed by atoms with E-state index in [9.17, 15) is 9.90 Å². The van der Waals surface area contributed by atoms with Gasteiger partial charge in [0.05, 0.1) is 12.1 Å². The third-order valence-corrected chi connectivity index (χ3v) is 6.23. The van der Waals surface area contributed by atoms with Gasteiger partial charge in [-0.05, 0) is 68.6 Å². The van der Waals surface area contributed by atoms with E-state index in [0.29, 0.717) is 17.4 Å². The predicted molar refractivity (Wildman–Crippen MR) is 106 cm³/mol. The maximum atomic E-state index is 13.3. The van der Waals surface area contributed by atoms with Crippen LogP contribution < -0.4 is 0 Å². The topological polar surface area (TPSA) is 40.5 Å². The standard InChI is InChI=1S/C22H30ClNO2/c1-3-5-17-10-13-20(15-8-11-18(23)12-9-15)24(22(17)26)19(4-2)14-21(25)16-6-7-16/h3,8-9,11-12,16-17,19-21,25H,1,4-7,10,13-14H2,2H3. The van der Waals surface area contributed by atoms with E-state index in [1.54, 1.807) is 0 Å². The fraction of sp³-hybridized carbons (Fsp3) is 0.591. The van der Waals surface area contributed by atoms with Crippen LogP contribution >= 0.6 is 11.6 Å². The highest BCUT2D eigenvalue weighted by Crippen LogP contribution is 2.41. The molecule has 2 aliphatic rings. The molecular formula is C22H30ClNO2. The summed E-state index contributed by atoms with van der Waals surface area (Å²) in [5, 5.41) is 11.2. The first-order valence-corrected chi connectivity index (χ1v) is 10.3. The summed E-state index contributed by atoms with van der Waals surface area (Å²) in [5.74, 6) is 0.663. The average molecular weight is 376 g/mol. The summed E-state index contributed by atoms with van der Waals surface area (Å²) in [7, 11) is 0. The molecule has 1 saturated heterocycles. The second-order valence-corrected chi connectivity index (χ2v) is 8.25. The van der Waals surface area contributed by atoms with Crippen molar-refractivity contribution >= 4 is 17.5 Å². The fourth-order valence-electron chi connectivity index (χ4n) is 4.28. The molecule has 4 heteroatoms. The number of carbonyl (C=O) groups is 1. The summed E-state index contributed by atoms with van der Waals surface area (Å²) in [6.45, 7) is 5.94. The van der Waals surface area contributed by atoms with Crippen LogP contribution in [0, 0.1) is 11.8 Å². The number of rotatable bonds is 8. The molecule has 0 bridgehead atoms. The quantitative estimate of drug-likeness (QED) is 0.639. The Hall–Kier alpha value is -1.32. The molecule has 0 spiro atoms. The molecule has 26 heavy (non-hydrogen) atoms. The van der Waals surface area contributed by atoms with Crippen LogP contribution in [0.3, 0.4) is 0 Å². The highest BCUT2D eigenvalue weighted by Gasteiger charge is 2.41. The summed E-state index contributed by atoms with van der Waals surface area (Å²) in [4.78, 5) is 15.4. The first kappa shape index (κ1) is 19.4. The average Bonchev–Trinajstić information content (AvgIpc) is 3.47. The molecule has 0 radical (unpaired) electrons. The first-order valence-electron chi connectivity index (χ1n) is 9.91. The zero-order chi connectivity index (χ0) is 18.7. The van der Waals surface area contributed by atoms with Gasteiger partial charge in [-0.25, -0.2) is 0 Å². The van der Waals surface area contributed by atoms with Crippen LogP contribution in [0.4, 0.5) is 0 Å². The molecule has 1 aliphatic heterocycles. The molecule has 1 heterocycles. The summed E-state index contributed by atoms with van der Waals surface area (Å²) in [6.07, 6.45) is 7.89. The van der Waals surface area contributed by atoms with E-state index < -0.39 is 0 Å². The highest BCUT2D eigenvalue weighted by atomic mass is 35.5. The van der Waals surface area contributed by atoms with E-state index >= 15 is 0 Å². The van der Waals surface area contributed by atoms with Crippen molar-refractivity contribution in [2.75, 3.05) is 0 Å². The monoisotopic (exact) mass is 375 g/mol. The molecule has 1 amide bonds. The lowest BCUT2D eigenvalue weighted by Crippen LogP contribution is -2.49. The Kier molecular flexibility index (Phi) is 6.42. The van der Waals surface area contributed by atoms with Gasteiger partial charge in [0.25, 0.3) is 0 Å². The summed E-state index contributed by atoms with van der Waals surface area (Å²) < 4.78 is 0. The van der Waals surface area contributed by atoms with Crippen LogP contribution in [0.15, 0.2) is 36.9 Å². The van der Waals surface area contributed by atoms with E-state index in [1.165, 1.54) is 0 Å². The second-order valence-electron chi connectivity index (χ2n) is 7.81. The number of benzene rings is 1. The molecule has 1 aromatic carbocycles. The highest BCUT2D eigenvalue weighted by molar-refractivity contribution is 6.30. The normalized spacial score (nSPS) is 25.8. The molecule has 4 unspecified atom stereocenters. The maximum Gasteiger partial charge on any atom is 0.226 e. The molecule has 4 atom stereocenters. The molecule has 1 N–H and O–H groups in total. The number of allylic oxidation sites excluding steroid dienone is 1. The molecule has 1 saturated carbocycles. The molecule has 1 aliphatic carbocycles. The van der Waals surface area contributed by atoms with Gasteiger partial charge in [-0.15, -0.1) is 6.58 Å². The van der Waals surface area contributed by atoms with E-state index in [0.717, 1.165) is 44.1 Å². The Morgan fingerprint density at radius 2 is 1.96 bits per heavy atom. The van der Waals surface area contributed by atoms with E-state index in [-0.39, 0.29) is 30.0 Å². The second kappa shape index (κ2) is 8.58. The number of halogens is 1. The molecule has 1 aromatic rings. The van der Waals surface area contributed by atoms with Crippen LogP contribution in [-0.2, 0) is 4.79 Å². The van der Waals surface area contributed by atoms with Gasteiger partial charge in [-0.3, -0.25) is 4.79 Å². The Labute approximate surface area is 162 Å². The smallest absolute Gasteiger partial charge is 0.226 e. The van der Waals surface area contributed by atoms with Crippen molar-refractivity contribution in [2.24, 2.45) is 11.8 Å². The minimum Gasteiger partial charge on any atom is -0.393 e. The van der Waals surface area contributed by atoms with Crippen molar-refractivity contribution < 1.29 is 9.90 Å². The van der Waals surface area contributed by atoms with Crippen molar-refractivity contribution in [3.8, 4) is 0 Å². The van der Waals surface area contributed by atoms with Crippen molar-refractivity contribution in [1.82, 2.24) is 4.90 Å². The molecule has 142 valence electrons. The van der Waals surface area contributed by atoms with E-state index in [4.69, 9.17) is 11.6 Å². The van der Waals surface area contributed by atoms with Gasteiger partial charge in [-0.2, -0.15) is 0 Å². The summed E-state index contributed by atoms with van der Waals surface area (Å²) in [5.41, 5.74) is 1.14. The lowest BCUT2D eigenvalue weighted by atomic mass is 9.84. The summed E-state index contributed by atoms with van der Waals surface area (Å²) in [6, 6.07) is 8.00. The van der Waals surface area contributed by atoms with Crippen LogP contribution in [0.5, 0.6) is 0 Å². The van der Waals surface area contributed by atoms with Gasteiger partial charge < -0.3 is 10.0 Å². The van der Waals surface area contributed by atoms with Gasteiger partial charge >= 0.3 is 0 Å². The van der Waals surface area contributed by atoms with E-state index in [1.807, 2.05) is 30.3 Å². The number of carbonyl (C=O) groups excluding carboxylic acids is 1. The maximum absolute atomic E-state index is 13.3. The van der Waals surface area contributed by atoms with Crippen molar-refractivity contribution in [2.45, 2.75) is 70.1 Å². The molecular weight excluding hydrogens is 346 g/mol. The van der Waals surface area contributed by atoms with Gasteiger partial charge in [0.2, 0.25) is 5.91 Å². The van der Waals surface area contributed by atoms with Gasteiger partial charge in [0, 0.05) is 17.0 Å². The lowest BCUT2D eigenvalue weighted by molar-refractivity contribution is -0.146. The SMILES string of the molecule is C=CCC1CCC(c2ccc(Cl)cc2)N(C(CC)CC(O)C2CC2)C1=O. The molecule has 3 nitrogen and oxygen atoms in total. The van der Waals surface area contributed by atoms with Crippen LogP contribution in [0.1, 0.15) is 63.5 Å². The summed E-state index contributed by atoms with van der Waals surface area (Å²) >= 11 is 6.06. The minimum atomic E-state index is -0.293. The number of hydrogen-bond donors (Lipinski definition) is 1. The Bertz CT molecular complexity index is 626. The number of nitrogens with zero attached hydrogens (tertiary/aromatic N) is 1. The van der Waals surface area contributed by atoms with Crippen molar-refractivity contribution in [3.63, 3.8) is 0 Å². The van der Waals surface area contributed by atoms with Crippen molar-refractivity contribution in [1.29, 1.82) is 0 Å². The van der Waals surface area contributed by atoms with Gasteiger partial charge in [-0.1, -0.05) is 36.7 Å². The largest absolute Gasteiger partial charge is 0.393 e. The van der Waals surface area contributed by atoms with Crippen molar-refractivity contribution in [3.05, 3.63) is 47.5 Å². The molecule has 2 fully saturated rings. The fourth-order valence-corrected chi connectivity index (χ4v) is 4.41. The molecule has 0 aromatic heterocycles.